The topological polar surface area (TPSA) is 104 Å². The Morgan fingerprint density at radius 2 is 1.88 bits per heavy atom. The normalized spacial score (nSPS) is 28.3. The molecule has 1 saturated carbocycles. The van der Waals surface area contributed by atoms with Crippen molar-refractivity contribution in [1.29, 1.82) is 0 Å². The van der Waals surface area contributed by atoms with Crippen molar-refractivity contribution < 1.29 is 14.7 Å². The van der Waals surface area contributed by atoms with E-state index in [2.05, 4.69) is 20.4 Å². The van der Waals surface area contributed by atoms with Gasteiger partial charge in [0.15, 0.2) is 5.82 Å². The summed E-state index contributed by atoms with van der Waals surface area (Å²) in [5.41, 5.74) is 0. The van der Waals surface area contributed by atoms with Gasteiger partial charge < -0.3 is 19.9 Å². The van der Waals surface area contributed by atoms with Crippen LogP contribution in [0, 0.1) is 5.92 Å². The summed E-state index contributed by atoms with van der Waals surface area (Å²) in [4.78, 5) is 29.2. The molecule has 26 heavy (non-hydrogen) atoms. The third-order valence-corrected chi connectivity index (χ3v) is 5.58. The predicted molar refractivity (Wildman–Crippen MR) is 92.2 cm³/mol. The van der Waals surface area contributed by atoms with Crippen molar-refractivity contribution in [2.24, 2.45) is 5.92 Å². The number of carbonyl (C=O) groups excluding carboxylic acids is 2. The highest BCUT2D eigenvalue weighted by Crippen LogP contribution is 2.33. The van der Waals surface area contributed by atoms with E-state index < -0.39 is 0 Å². The van der Waals surface area contributed by atoms with Gasteiger partial charge in [0.25, 0.3) is 5.91 Å². The zero-order valence-corrected chi connectivity index (χ0v) is 15.3. The smallest absolute Gasteiger partial charge is 0.289 e. The third-order valence-electron chi connectivity index (χ3n) is 5.58. The van der Waals surface area contributed by atoms with Crippen LogP contribution in [0.1, 0.15) is 49.2 Å². The van der Waals surface area contributed by atoms with Gasteiger partial charge in [-0.25, -0.2) is 0 Å². The van der Waals surface area contributed by atoms with Crippen LogP contribution in [0.3, 0.4) is 0 Å². The number of hydrogen-bond acceptors (Lipinski definition) is 6. The second-order valence-corrected chi connectivity index (χ2v) is 7.82. The SMILES string of the molecule is CC(C)NC(=O)c1nnc2n1CCN1CCN(C(=O)C3CC(O)C3)C[C@@H]21. The Morgan fingerprint density at radius 1 is 1.15 bits per heavy atom. The molecule has 0 unspecified atom stereocenters. The van der Waals surface area contributed by atoms with Crippen LogP contribution in [0.2, 0.25) is 0 Å². The maximum atomic E-state index is 12.6. The minimum absolute atomic E-state index is 0.0282. The Hall–Kier alpha value is -2.00. The number of fused-ring (bicyclic) bond motifs is 3. The lowest BCUT2D eigenvalue weighted by Crippen LogP contribution is -2.56. The lowest BCUT2D eigenvalue weighted by molar-refractivity contribution is -0.146. The maximum Gasteiger partial charge on any atom is 0.289 e. The number of aliphatic hydroxyl groups excluding tert-OH is 1. The van der Waals surface area contributed by atoms with E-state index in [1.807, 2.05) is 23.3 Å². The van der Waals surface area contributed by atoms with E-state index in [4.69, 9.17) is 0 Å². The van der Waals surface area contributed by atoms with Crippen LogP contribution in [0.15, 0.2) is 0 Å². The Balaban J connectivity index is 1.51. The highest BCUT2D eigenvalue weighted by Gasteiger charge is 2.41. The second-order valence-electron chi connectivity index (χ2n) is 7.82. The first-order valence-electron chi connectivity index (χ1n) is 9.39. The van der Waals surface area contributed by atoms with Crippen molar-refractivity contribution in [2.75, 3.05) is 26.2 Å². The van der Waals surface area contributed by atoms with Crippen molar-refractivity contribution in [3.63, 3.8) is 0 Å². The van der Waals surface area contributed by atoms with E-state index in [0.29, 0.717) is 38.3 Å². The summed E-state index contributed by atoms with van der Waals surface area (Å²) in [7, 11) is 0. The van der Waals surface area contributed by atoms with Crippen molar-refractivity contribution >= 4 is 11.8 Å². The third kappa shape index (κ3) is 2.99. The summed E-state index contributed by atoms with van der Waals surface area (Å²) in [6, 6.07) is 0.00992. The van der Waals surface area contributed by atoms with Gasteiger partial charge in [0, 0.05) is 44.7 Å². The van der Waals surface area contributed by atoms with E-state index in [1.165, 1.54) is 0 Å². The molecule has 2 amide bonds. The van der Waals surface area contributed by atoms with Crippen LogP contribution in [0.5, 0.6) is 0 Å². The largest absolute Gasteiger partial charge is 0.393 e. The molecule has 4 rings (SSSR count). The van der Waals surface area contributed by atoms with E-state index >= 15 is 0 Å². The molecule has 1 atom stereocenters. The van der Waals surface area contributed by atoms with Gasteiger partial charge >= 0.3 is 0 Å². The number of hydrogen-bond donors (Lipinski definition) is 2. The first kappa shape index (κ1) is 17.4. The first-order valence-corrected chi connectivity index (χ1v) is 9.39. The molecule has 0 aromatic carbocycles. The fraction of sp³-hybridized carbons (Fsp3) is 0.765. The van der Waals surface area contributed by atoms with Crippen molar-refractivity contribution in [2.45, 2.75) is 51.4 Å². The number of piperazine rings is 1. The number of nitrogens with zero attached hydrogens (tertiary/aromatic N) is 5. The van der Waals surface area contributed by atoms with Gasteiger partial charge in [-0.2, -0.15) is 0 Å². The monoisotopic (exact) mass is 362 g/mol. The first-order chi connectivity index (χ1) is 12.4. The van der Waals surface area contributed by atoms with Crippen LogP contribution >= 0.6 is 0 Å². The summed E-state index contributed by atoms with van der Waals surface area (Å²) < 4.78 is 1.89. The van der Waals surface area contributed by atoms with Gasteiger partial charge in [-0.1, -0.05) is 0 Å². The molecular weight excluding hydrogens is 336 g/mol. The molecule has 3 aliphatic rings. The number of aliphatic hydroxyl groups is 1. The van der Waals surface area contributed by atoms with Crippen molar-refractivity contribution in [3.05, 3.63) is 11.6 Å². The van der Waals surface area contributed by atoms with Crippen molar-refractivity contribution in [1.82, 2.24) is 29.9 Å². The van der Waals surface area contributed by atoms with Crippen LogP contribution in [0.25, 0.3) is 0 Å². The standard InChI is InChI=1S/C17H26N6O3/c1-10(2)18-16(25)15-20-19-14-13-9-22(17(26)11-7-12(24)8-11)4-3-21(13)5-6-23(14)15/h10-13,24H,3-9H2,1-2H3,(H,18,25)/t11?,12?,13-/m0/s1. The average molecular weight is 362 g/mol. The van der Waals surface area contributed by atoms with Gasteiger partial charge in [0.05, 0.1) is 12.1 Å². The Morgan fingerprint density at radius 3 is 2.58 bits per heavy atom. The highest BCUT2D eigenvalue weighted by molar-refractivity contribution is 5.90. The lowest BCUT2D eigenvalue weighted by Gasteiger charge is -2.45. The molecule has 0 bridgehead atoms. The predicted octanol–water partition coefficient (Wildman–Crippen LogP) is -0.614. The zero-order chi connectivity index (χ0) is 18.4. The summed E-state index contributed by atoms with van der Waals surface area (Å²) in [6.07, 6.45) is 0.809. The average Bonchev–Trinajstić information content (AvgIpc) is 3.02. The van der Waals surface area contributed by atoms with Gasteiger partial charge in [-0.3, -0.25) is 14.5 Å². The molecule has 1 aromatic rings. The second kappa shape index (κ2) is 6.62. The lowest BCUT2D eigenvalue weighted by atomic mass is 9.81. The Kier molecular flexibility index (Phi) is 4.44. The van der Waals surface area contributed by atoms with E-state index in [0.717, 1.165) is 18.9 Å². The molecule has 142 valence electrons. The fourth-order valence-electron chi connectivity index (χ4n) is 4.09. The van der Waals surface area contributed by atoms with Gasteiger partial charge in [-0.05, 0) is 26.7 Å². The summed E-state index contributed by atoms with van der Waals surface area (Å²) in [6.45, 7) is 7.40. The molecule has 9 nitrogen and oxygen atoms in total. The molecule has 2 N–H and O–H groups in total. The minimum Gasteiger partial charge on any atom is -0.393 e. The van der Waals surface area contributed by atoms with E-state index in [1.54, 1.807) is 0 Å². The summed E-state index contributed by atoms with van der Waals surface area (Å²) >= 11 is 0. The number of nitrogens with one attached hydrogen (secondary N) is 1. The Labute approximate surface area is 152 Å². The molecule has 9 heteroatoms. The fourth-order valence-corrected chi connectivity index (χ4v) is 4.09. The Bertz CT molecular complexity index is 711. The van der Waals surface area contributed by atoms with Crippen molar-refractivity contribution in [3.8, 4) is 0 Å². The van der Waals surface area contributed by atoms with E-state index in [9.17, 15) is 14.7 Å². The molecule has 0 radical (unpaired) electrons. The van der Waals surface area contributed by atoms with Crippen LogP contribution < -0.4 is 5.32 Å². The van der Waals surface area contributed by atoms with Crippen LogP contribution in [-0.2, 0) is 11.3 Å². The molecule has 0 spiro atoms. The van der Waals surface area contributed by atoms with E-state index in [-0.39, 0.29) is 35.9 Å². The number of carbonyl (C=O) groups is 2. The molecule has 2 fully saturated rings. The number of aromatic nitrogens is 3. The number of rotatable bonds is 3. The molecular formula is C17H26N6O3. The van der Waals surface area contributed by atoms with Crippen LogP contribution in [0.4, 0.5) is 0 Å². The zero-order valence-electron chi connectivity index (χ0n) is 15.3. The highest BCUT2D eigenvalue weighted by atomic mass is 16.3. The summed E-state index contributed by atoms with van der Waals surface area (Å²) in [5.74, 6) is 0.976. The molecule has 3 heterocycles. The summed E-state index contributed by atoms with van der Waals surface area (Å²) in [5, 5.41) is 20.7. The minimum atomic E-state index is -0.329. The molecule has 1 saturated heterocycles. The van der Waals surface area contributed by atoms with Crippen LogP contribution in [-0.4, -0.2) is 79.8 Å². The molecule has 2 aliphatic heterocycles. The van der Waals surface area contributed by atoms with Gasteiger partial charge in [0.2, 0.25) is 11.7 Å². The molecule has 1 aliphatic carbocycles. The van der Waals surface area contributed by atoms with Gasteiger partial charge in [0.1, 0.15) is 0 Å². The van der Waals surface area contributed by atoms with Gasteiger partial charge in [-0.15, -0.1) is 10.2 Å². The number of amides is 2. The maximum absolute atomic E-state index is 12.6. The molecule has 1 aromatic heterocycles. The quantitative estimate of drug-likeness (QED) is 0.743.